The van der Waals surface area contributed by atoms with Gasteiger partial charge in [0.2, 0.25) is 0 Å². The average molecular weight is 501 g/mol. The molecule has 0 nitrogen and oxygen atoms in total. The molecule has 0 fully saturated rings. The predicted octanol–water partition coefficient (Wildman–Crippen LogP) is 6.42. The Bertz CT molecular complexity index is 334. The zero-order valence-electron chi connectivity index (χ0n) is 12.6. The summed E-state index contributed by atoms with van der Waals surface area (Å²) in [6.07, 6.45) is 5.84. The molecule has 0 aromatic rings. The molecule has 0 saturated carbocycles. The van der Waals surface area contributed by atoms with Gasteiger partial charge in [-0.1, -0.05) is 0 Å². The van der Waals surface area contributed by atoms with Gasteiger partial charge in [-0.05, 0) is 0 Å². The van der Waals surface area contributed by atoms with Gasteiger partial charge >= 0.3 is 69.5 Å². The van der Waals surface area contributed by atoms with Crippen LogP contribution in [0, 0.1) is 0 Å². The number of hydrogen-bond acceptors (Lipinski definition) is 6. The summed E-state index contributed by atoms with van der Waals surface area (Å²) in [6, 6.07) is 0. The normalized spacial score (nSPS) is 17.8. The van der Waals surface area contributed by atoms with Crippen molar-refractivity contribution in [3.8, 4) is 0 Å². The molecule has 0 amide bonds. The van der Waals surface area contributed by atoms with Crippen LogP contribution in [-0.2, 0) is 25.3 Å². The standard InChI is InChI=1S/C6H6S6.2C4H9.Sn/c7-3-4(8)12-6-5(11-3)9-1-2-10-6;2*1-3-4-2;/h7-8H,1-2H2;2*1,3-4H2,2H3;/q;;;+2/p-2. The molecule has 0 aromatic heterocycles. The first-order valence-corrected chi connectivity index (χ1v) is 15.8. The van der Waals surface area contributed by atoms with Crippen LogP contribution in [0.1, 0.15) is 39.5 Å². The number of hydrogen-bond donors (Lipinski definition) is 0. The molecule has 0 saturated heterocycles. The SMILES string of the molecule is CCC[CH2][Sn+2][CH2]CCC.[S-]C1=C([S-])SC2=C(SCCS2)S1. The minimum Gasteiger partial charge on any atom is -0.774 e. The number of rotatable bonds is 6. The van der Waals surface area contributed by atoms with Crippen LogP contribution in [0.5, 0.6) is 0 Å². The van der Waals surface area contributed by atoms with Crippen LogP contribution in [0.4, 0.5) is 0 Å². The maximum Gasteiger partial charge on any atom is 0.0633 e. The molecule has 118 valence electrons. The van der Waals surface area contributed by atoms with E-state index in [1.54, 1.807) is 32.4 Å². The summed E-state index contributed by atoms with van der Waals surface area (Å²) < 4.78 is 7.75. The molecular weight excluding hydrogens is 479 g/mol. The Morgan fingerprint density at radius 3 is 1.67 bits per heavy atom. The van der Waals surface area contributed by atoms with Gasteiger partial charge in [-0.15, -0.1) is 55.5 Å². The molecule has 0 spiro atoms. The Morgan fingerprint density at radius 2 is 1.29 bits per heavy atom. The third-order valence-corrected chi connectivity index (χ3v) is 13.4. The molecule has 0 aromatic carbocycles. The van der Waals surface area contributed by atoms with Crippen LogP contribution in [0.3, 0.4) is 0 Å². The van der Waals surface area contributed by atoms with Gasteiger partial charge in [-0.25, -0.2) is 0 Å². The van der Waals surface area contributed by atoms with Gasteiger partial charge < -0.3 is 25.3 Å². The zero-order chi connectivity index (χ0) is 15.5. The first kappa shape index (κ1) is 21.2. The molecular formula is C14H22S6Sn. The van der Waals surface area contributed by atoms with E-state index >= 15 is 0 Å². The van der Waals surface area contributed by atoms with Gasteiger partial charge in [-0.3, -0.25) is 0 Å². The third-order valence-electron chi connectivity index (χ3n) is 2.67. The van der Waals surface area contributed by atoms with Crippen molar-refractivity contribution < 1.29 is 0 Å². The van der Waals surface area contributed by atoms with Crippen LogP contribution in [-0.4, -0.2) is 32.6 Å². The van der Waals surface area contributed by atoms with Crippen LogP contribution < -0.4 is 0 Å². The van der Waals surface area contributed by atoms with Crippen molar-refractivity contribution in [2.24, 2.45) is 0 Å². The summed E-state index contributed by atoms with van der Waals surface area (Å²) in [5.41, 5.74) is 0. The average Bonchev–Trinajstić information content (AvgIpc) is 2.49. The molecule has 2 aliphatic heterocycles. The Morgan fingerprint density at radius 1 is 0.857 bits per heavy atom. The fourth-order valence-corrected chi connectivity index (χ4v) is 11.6. The fourth-order valence-electron chi connectivity index (χ4n) is 1.51. The molecule has 0 unspecified atom stereocenters. The second-order valence-electron chi connectivity index (χ2n) is 4.51. The molecule has 2 heterocycles. The summed E-state index contributed by atoms with van der Waals surface area (Å²) in [5, 5.41) is 0. The molecule has 0 radical (unpaired) electrons. The maximum absolute atomic E-state index is 5.14. The number of unbranched alkanes of at least 4 members (excludes halogenated alkanes) is 2. The van der Waals surface area contributed by atoms with Crippen LogP contribution >= 0.6 is 47.0 Å². The monoisotopic (exact) mass is 502 g/mol. The molecule has 7 heteroatoms. The predicted molar refractivity (Wildman–Crippen MR) is 114 cm³/mol. The minimum atomic E-state index is 0.149. The van der Waals surface area contributed by atoms with E-state index in [1.807, 2.05) is 23.5 Å². The van der Waals surface area contributed by atoms with E-state index in [4.69, 9.17) is 25.3 Å². The van der Waals surface area contributed by atoms with E-state index in [-0.39, 0.29) is 21.1 Å². The van der Waals surface area contributed by atoms with Crippen molar-refractivity contribution in [3.63, 3.8) is 0 Å². The Kier molecular flexibility index (Phi) is 13.5. The van der Waals surface area contributed by atoms with Crippen molar-refractivity contribution in [1.29, 1.82) is 0 Å². The second kappa shape index (κ2) is 13.4. The molecule has 0 aliphatic carbocycles. The van der Waals surface area contributed by atoms with Crippen molar-refractivity contribution >= 4 is 93.4 Å². The smallest absolute Gasteiger partial charge is 0.0633 e. The second-order valence-corrected chi connectivity index (χ2v) is 14.9. The van der Waals surface area contributed by atoms with E-state index < -0.39 is 0 Å². The van der Waals surface area contributed by atoms with Gasteiger partial charge in [0.25, 0.3) is 0 Å². The van der Waals surface area contributed by atoms with Crippen LogP contribution in [0.2, 0.25) is 8.87 Å². The van der Waals surface area contributed by atoms with Gasteiger partial charge in [-0.2, -0.15) is 0 Å². The molecule has 2 rings (SSSR count). The Labute approximate surface area is 168 Å². The zero-order valence-corrected chi connectivity index (χ0v) is 20.4. The van der Waals surface area contributed by atoms with E-state index in [0.29, 0.717) is 0 Å². The quantitative estimate of drug-likeness (QED) is 0.232. The third kappa shape index (κ3) is 9.25. The van der Waals surface area contributed by atoms with Crippen molar-refractivity contribution in [1.82, 2.24) is 0 Å². The van der Waals surface area contributed by atoms with E-state index in [1.165, 1.54) is 45.7 Å². The summed E-state index contributed by atoms with van der Waals surface area (Å²) in [5.74, 6) is 2.40. The summed E-state index contributed by atoms with van der Waals surface area (Å²) >= 11 is 17.6. The van der Waals surface area contributed by atoms with Crippen molar-refractivity contribution in [2.45, 2.75) is 48.4 Å². The molecule has 0 atom stereocenters. The van der Waals surface area contributed by atoms with Crippen LogP contribution in [0.25, 0.3) is 0 Å². The molecule has 0 bridgehead atoms. The fraction of sp³-hybridized carbons (Fsp3) is 0.714. The van der Waals surface area contributed by atoms with Gasteiger partial charge in [0.1, 0.15) is 0 Å². The van der Waals surface area contributed by atoms with Crippen LogP contribution in [0.15, 0.2) is 16.9 Å². The Balaban J connectivity index is 0.000000222. The summed E-state index contributed by atoms with van der Waals surface area (Å²) in [6.45, 7) is 4.58. The van der Waals surface area contributed by atoms with Crippen molar-refractivity contribution in [3.05, 3.63) is 16.9 Å². The van der Waals surface area contributed by atoms with E-state index in [0.717, 1.165) is 8.47 Å². The van der Waals surface area contributed by atoms with E-state index in [9.17, 15) is 0 Å². The molecule has 0 N–H and O–H groups in total. The largest absolute Gasteiger partial charge is 0.774 e. The van der Waals surface area contributed by atoms with E-state index in [2.05, 4.69) is 13.8 Å². The van der Waals surface area contributed by atoms with Gasteiger partial charge in [0.15, 0.2) is 0 Å². The first-order valence-electron chi connectivity index (χ1n) is 7.33. The molecule has 2 aliphatic rings. The molecule has 21 heavy (non-hydrogen) atoms. The van der Waals surface area contributed by atoms with Gasteiger partial charge in [0, 0.05) is 11.5 Å². The first-order chi connectivity index (χ1) is 10.2. The minimum absolute atomic E-state index is 0.149. The summed E-state index contributed by atoms with van der Waals surface area (Å²) in [4.78, 5) is 0. The maximum atomic E-state index is 5.14. The number of thioether (sulfide) groups is 4. The summed E-state index contributed by atoms with van der Waals surface area (Å²) in [7, 11) is 0. The topological polar surface area (TPSA) is 0 Å². The Hall–Kier alpha value is 2.12. The van der Waals surface area contributed by atoms with Gasteiger partial charge in [0.05, 0.1) is 8.47 Å². The van der Waals surface area contributed by atoms with Crippen molar-refractivity contribution in [2.75, 3.05) is 11.5 Å².